The molecule has 0 atom stereocenters. The fraction of sp³-hybridized carbons (Fsp3) is 0.439. The Balaban J connectivity index is 1.06. The third kappa shape index (κ3) is 8.13. The first-order valence-electron chi connectivity index (χ1n) is 19.1. The molecular weight excluding hydrogens is 758 g/mol. The maximum Gasteiger partial charge on any atom is 0.291 e. The van der Waals surface area contributed by atoms with Crippen LogP contribution >= 0.6 is 23.2 Å². The highest BCUT2D eigenvalue weighted by atomic mass is 35.5. The molecule has 3 aliphatic heterocycles. The van der Waals surface area contributed by atoms with E-state index in [-0.39, 0.29) is 40.4 Å². The monoisotopic (exact) mass is 804 g/mol. The maximum atomic E-state index is 15.8. The standard InChI is InChI=1S/C41H47Cl2FN8O4/c1-24(53)50-15-9-27(10-16-50)46-22-31-32(44)20-26(21-36(31)56-4)39-38(43)30(8-14-45-39)29-6-5-7-33(37(29)42)48-41(55)40-47-34-23-52(19-13-35(34)49(40)3)28-11-17-51(18-12-28)25(2)54/h5-8,14,20-21,27-28,46H,9-13,15-19,22-23H2,1-4H3,(H,48,55). The third-order valence-corrected chi connectivity index (χ3v) is 12.3. The number of halogens is 3. The minimum absolute atomic E-state index is 0.0663. The number of anilines is 1. The number of nitrogens with one attached hydrogen (secondary N) is 2. The quantitative estimate of drug-likeness (QED) is 0.202. The summed E-state index contributed by atoms with van der Waals surface area (Å²) in [4.78, 5) is 52.7. The second-order valence-electron chi connectivity index (χ2n) is 14.8. The zero-order chi connectivity index (χ0) is 39.7. The highest BCUT2D eigenvalue weighted by Crippen LogP contribution is 2.42. The molecule has 2 N–H and O–H groups in total. The Bertz CT molecular complexity index is 2150. The van der Waals surface area contributed by atoms with Crippen LogP contribution in [-0.2, 0) is 36.1 Å². The van der Waals surface area contributed by atoms with Crippen LogP contribution in [0.15, 0.2) is 42.6 Å². The number of pyridine rings is 1. The summed E-state index contributed by atoms with van der Waals surface area (Å²) in [6.45, 7) is 7.83. The van der Waals surface area contributed by atoms with E-state index in [4.69, 9.17) is 32.9 Å². The molecule has 0 unspecified atom stereocenters. The van der Waals surface area contributed by atoms with Crippen LogP contribution < -0.4 is 15.4 Å². The lowest BCUT2D eigenvalue weighted by atomic mass is 10.00. The SMILES string of the molecule is COc1cc(-c2nccc(-c3cccc(NC(=O)c4nc5c(n4C)CCN(C4CCN(C(C)=O)CC4)C5)c3Cl)c2Cl)cc(F)c1CNC1CCN(C(C)=O)CC1. The number of fused-ring (bicyclic) bond motifs is 1. The largest absolute Gasteiger partial charge is 0.496 e. The van der Waals surface area contributed by atoms with E-state index in [1.165, 1.54) is 13.2 Å². The molecule has 2 aromatic carbocycles. The lowest BCUT2D eigenvalue weighted by molar-refractivity contribution is -0.131. The summed E-state index contributed by atoms with van der Waals surface area (Å²) in [5.41, 5.74) is 4.60. The van der Waals surface area contributed by atoms with Gasteiger partial charge in [-0.3, -0.25) is 24.3 Å². The number of piperidine rings is 2. The fourth-order valence-electron chi connectivity index (χ4n) is 8.22. The van der Waals surface area contributed by atoms with Crippen molar-refractivity contribution in [3.63, 3.8) is 0 Å². The van der Waals surface area contributed by atoms with Crippen LogP contribution in [0.1, 0.15) is 67.1 Å². The number of hydrogen-bond donors (Lipinski definition) is 2. The van der Waals surface area contributed by atoms with Gasteiger partial charge in [0.2, 0.25) is 11.8 Å². The predicted octanol–water partition coefficient (Wildman–Crippen LogP) is 6.33. The molecule has 0 spiro atoms. The van der Waals surface area contributed by atoms with E-state index < -0.39 is 5.82 Å². The molecule has 5 heterocycles. The number of methoxy groups -OCH3 is 1. The molecular formula is C41H47Cl2FN8O4. The molecule has 7 rings (SSSR count). The zero-order valence-electron chi connectivity index (χ0n) is 32.1. The van der Waals surface area contributed by atoms with Gasteiger partial charge in [-0.05, 0) is 49.9 Å². The van der Waals surface area contributed by atoms with Gasteiger partial charge in [-0.1, -0.05) is 35.3 Å². The Labute approximate surface area is 336 Å². The molecule has 296 valence electrons. The smallest absolute Gasteiger partial charge is 0.291 e. The number of imidazole rings is 1. The van der Waals surface area contributed by atoms with E-state index in [0.717, 1.165) is 63.1 Å². The average Bonchev–Trinajstić information content (AvgIpc) is 3.53. The van der Waals surface area contributed by atoms with Gasteiger partial charge in [0.25, 0.3) is 5.91 Å². The van der Waals surface area contributed by atoms with Gasteiger partial charge in [0.1, 0.15) is 11.6 Å². The minimum atomic E-state index is -0.460. The molecule has 0 saturated carbocycles. The molecule has 2 aromatic heterocycles. The van der Waals surface area contributed by atoms with Crippen molar-refractivity contribution in [2.24, 2.45) is 7.05 Å². The van der Waals surface area contributed by atoms with E-state index in [0.29, 0.717) is 70.9 Å². The highest BCUT2D eigenvalue weighted by molar-refractivity contribution is 6.39. The normalized spacial score (nSPS) is 16.8. The molecule has 0 radical (unpaired) electrons. The van der Waals surface area contributed by atoms with E-state index in [9.17, 15) is 14.4 Å². The Morgan fingerprint density at radius 2 is 1.61 bits per heavy atom. The number of hydrogen-bond acceptors (Lipinski definition) is 8. The van der Waals surface area contributed by atoms with Gasteiger partial charge in [-0.15, -0.1) is 0 Å². The molecule has 4 aromatic rings. The van der Waals surface area contributed by atoms with Crippen molar-refractivity contribution in [2.75, 3.05) is 45.2 Å². The predicted molar refractivity (Wildman–Crippen MR) is 214 cm³/mol. The number of ether oxygens (including phenoxy) is 1. The number of carbonyl (C=O) groups excluding carboxylic acids is 3. The van der Waals surface area contributed by atoms with Crippen LogP contribution in [0.4, 0.5) is 10.1 Å². The number of nitrogens with zero attached hydrogens (tertiary/aromatic N) is 6. The fourth-order valence-corrected chi connectivity index (χ4v) is 8.82. The summed E-state index contributed by atoms with van der Waals surface area (Å²) in [6, 6.07) is 10.7. The van der Waals surface area contributed by atoms with Crippen LogP contribution in [0.25, 0.3) is 22.4 Å². The molecule has 56 heavy (non-hydrogen) atoms. The van der Waals surface area contributed by atoms with Gasteiger partial charge in [-0.2, -0.15) is 0 Å². The Morgan fingerprint density at radius 1 is 0.929 bits per heavy atom. The second kappa shape index (κ2) is 16.9. The van der Waals surface area contributed by atoms with E-state index in [1.54, 1.807) is 50.4 Å². The van der Waals surface area contributed by atoms with Gasteiger partial charge in [0.05, 0.1) is 34.2 Å². The first-order chi connectivity index (χ1) is 26.9. The van der Waals surface area contributed by atoms with E-state index in [1.807, 2.05) is 21.4 Å². The van der Waals surface area contributed by atoms with Gasteiger partial charge in [0.15, 0.2) is 5.82 Å². The number of amides is 3. The molecule has 3 amide bonds. The van der Waals surface area contributed by atoms with Crippen molar-refractivity contribution in [3.05, 3.63) is 81.2 Å². The van der Waals surface area contributed by atoms with Crippen molar-refractivity contribution < 1.29 is 23.5 Å². The number of carbonyl (C=O) groups is 3. The summed E-state index contributed by atoms with van der Waals surface area (Å²) in [6.07, 6.45) is 5.78. The van der Waals surface area contributed by atoms with Crippen LogP contribution in [0.2, 0.25) is 10.0 Å². The Hall–Kier alpha value is -4.56. The summed E-state index contributed by atoms with van der Waals surface area (Å²) < 4.78 is 23.2. The lowest BCUT2D eigenvalue weighted by Gasteiger charge is -2.39. The summed E-state index contributed by atoms with van der Waals surface area (Å²) in [7, 11) is 3.36. The van der Waals surface area contributed by atoms with Crippen molar-refractivity contribution in [2.45, 2.75) is 71.1 Å². The summed E-state index contributed by atoms with van der Waals surface area (Å²) >= 11 is 14.0. The Morgan fingerprint density at radius 3 is 2.29 bits per heavy atom. The van der Waals surface area contributed by atoms with Gasteiger partial charge >= 0.3 is 0 Å². The van der Waals surface area contributed by atoms with Crippen molar-refractivity contribution in [3.8, 4) is 28.1 Å². The number of benzene rings is 2. The lowest BCUT2D eigenvalue weighted by Crippen LogP contribution is -2.47. The second-order valence-corrected chi connectivity index (χ2v) is 15.5. The van der Waals surface area contributed by atoms with Crippen molar-refractivity contribution in [1.82, 2.24) is 34.6 Å². The van der Waals surface area contributed by atoms with Crippen LogP contribution in [-0.4, -0.2) is 98.9 Å². The molecule has 2 fully saturated rings. The third-order valence-electron chi connectivity index (χ3n) is 11.5. The number of rotatable bonds is 9. The van der Waals surface area contributed by atoms with Crippen LogP contribution in [0.3, 0.4) is 0 Å². The van der Waals surface area contributed by atoms with Crippen molar-refractivity contribution >= 4 is 46.6 Å². The highest BCUT2D eigenvalue weighted by Gasteiger charge is 2.32. The summed E-state index contributed by atoms with van der Waals surface area (Å²) in [5, 5.41) is 6.92. The molecule has 2 saturated heterocycles. The minimum Gasteiger partial charge on any atom is -0.496 e. The number of aromatic nitrogens is 3. The molecule has 12 nitrogen and oxygen atoms in total. The van der Waals surface area contributed by atoms with Gasteiger partial charge in [-0.25, -0.2) is 9.37 Å². The zero-order valence-corrected chi connectivity index (χ0v) is 33.6. The summed E-state index contributed by atoms with van der Waals surface area (Å²) in [5.74, 6) is -0.00943. The maximum absolute atomic E-state index is 15.8. The van der Waals surface area contributed by atoms with Gasteiger partial charge < -0.3 is 29.7 Å². The molecule has 0 bridgehead atoms. The van der Waals surface area contributed by atoms with Crippen LogP contribution in [0, 0.1) is 5.82 Å². The number of likely N-dealkylation sites (tertiary alicyclic amines) is 2. The van der Waals surface area contributed by atoms with Crippen LogP contribution in [0.5, 0.6) is 5.75 Å². The molecule has 15 heteroatoms. The first-order valence-corrected chi connectivity index (χ1v) is 19.8. The van der Waals surface area contributed by atoms with E-state index in [2.05, 4.69) is 20.5 Å². The first kappa shape index (κ1) is 39.7. The average molecular weight is 806 g/mol. The van der Waals surface area contributed by atoms with E-state index >= 15 is 4.39 Å². The van der Waals surface area contributed by atoms with Crippen molar-refractivity contribution in [1.29, 1.82) is 0 Å². The Kier molecular flexibility index (Phi) is 12.0. The topological polar surface area (TPSA) is 125 Å². The molecule has 0 aliphatic carbocycles. The molecule has 3 aliphatic rings. The van der Waals surface area contributed by atoms with Gasteiger partial charge in [0, 0.05) is 119 Å².